The van der Waals surface area contributed by atoms with E-state index in [2.05, 4.69) is 0 Å². The molecule has 6 nitrogen and oxygen atoms in total. The highest BCUT2D eigenvalue weighted by Crippen LogP contribution is 2.42. The second kappa shape index (κ2) is 10.6. The molecule has 0 aliphatic carbocycles. The summed E-state index contributed by atoms with van der Waals surface area (Å²) in [4.78, 5) is 0. The fourth-order valence-electron chi connectivity index (χ4n) is 4.72. The SMILES string of the molecule is Clc1cccc(C2OC[C@H]3OC(c4cccc(Cl)c4)OC[C@@H]4OC(c5cccc(Cl)c5)O[C@@H]3[C@H]4O2)c1. The molecule has 3 aromatic rings. The van der Waals surface area contributed by atoms with Gasteiger partial charge in [-0.15, -0.1) is 0 Å². The summed E-state index contributed by atoms with van der Waals surface area (Å²) in [6.45, 7) is 0.404. The zero-order valence-electron chi connectivity index (χ0n) is 19.0. The third kappa shape index (κ3) is 5.16. The molecule has 0 amide bonds. The molecule has 3 aliphatic rings. The van der Waals surface area contributed by atoms with Crippen LogP contribution in [0.25, 0.3) is 0 Å². The predicted molar refractivity (Wildman–Crippen MR) is 134 cm³/mol. The summed E-state index contributed by atoms with van der Waals surface area (Å²) in [6, 6.07) is 22.2. The molecular formula is C27H23Cl3O6. The minimum Gasteiger partial charge on any atom is -0.346 e. The summed E-state index contributed by atoms with van der Waals surface area (Å²) >= 11 is 18.7. The van der Waals surface area contributed by atoms with Gasteiger partial charge in [-0.3, -0.25) is 0 Å². The van der Waals surface area contributed by atoms with E-state index in [1.807, 2.05) is 54.6 Å². The highest BCUT2D eigenvalue weighted by atomic mass is 35.5. The van der Waals surface area contributed by atoms with Gasteiger partial charge in [-0.25, -0.2) is 0 Å². The van der Waals surface area contributed by atoms with Gasteiger partial charge >= 0.3 is 0 Å². The van der Waals surface area contributed by atoms with Crippen molar-refractivity contribution in [2.24, 2.45) is 0 Å². The molecular weight excluding hydrogens is 527 g/mol. The number of benzene rings is 3. The summed E-state index contributed by atoms with van der Waals surface area (Å²) in [7, 11) is 0. The normalized spacial score (nSPS) is 32.2. The van der Waals surface area contributed by atoms with Crippen molar-refractivity contribution in [3.63, 3.8) is 0 Å². The lowest BCUT2D eigenvalue weighted by Crippen LogP contribution is -2.57. The first kappa shape index (κ1) is 24.6. The van der Waals surface area contributed by atoms with Crippen molar-refractivity contribution in [3.8, 4) is 0 Å². The van der Waals surface area contributed by atoms with Gasteiger partial charge in [-0.1, -0.05) is 71.2 Å². The van der Waals surface area contributed by atoms with Crippen molar-refractivity contribution in [1.29, 1.82) is 0 Å². The van der Waals surface area contributed by atoms with E-state index < -0.39 is 43.3 Å². The summed E-state index contributed by atoms with van der Waals surface area (Å²) in [6.07, 6.45) is -4.02. The Morgan fingerprint density at radius 3 is 1.36 bits per heavy atom. The molecule has 3 aliphatic heterocycles. The van der Waals surface area contributed by atoms with Crippen molar-refractivity contribution >= 4 is 34.8 Å². The maximum absolute atomic E-state index is 6.48. The van der Waals surface area contributed by atoms with Crippen molar-refractivity contribution in [1.82, 2.24) is 0 Å². The Balaban J connectivity index is 1.34. The second-order valence-electron chi connectivity index (χ2n) is 8.88. The first-order chi connectivity index (χ1) is 17.5. The molecule has 0 saturated carbocycles. The zero-order chi connectivity index (χ0) is 24.6. The average molecular weight is 550 g/mol. The van der Waals surface area contributed by atoms with Crippen LogP contribution < -0.4 is 0 Å². The molecule has 0 N–H and O–H groups in total. The monoisotopic (exact) mass is 548 g/mol. The van der Waals surface area contributed by atoms with E-state index >= 15 is 0 Å². The molecule has 6 rings (SSSR count). The lowest BCUT2D eigenvalue weighted by Gasteiger charge is -2.45. The van der Waals surface area contributed by atoms with Crippen LogP contribution in [0.1, 0.15) is 35.6 Å². The van der Waals surface area contributed by atoms with Gasteiger partial charge in [0.25, 0.3) is 0 Å². The highest BCUT2D eigenvalue weighted by Gasteiger charge is 2.50. The number of rotatable bonds is 3. The van der Waals surface area contributed by atoms with E-state index in [0.29, 0.717) is 15.1 Å². The Labute approximate surface area is 223 Å². The third-order valence-corrected chi connectivity index (χ3v) is 7.11. The average Bonchev–Trinajstić information content (AvgIpc) is 3.07. The van der Waals surface area contributed by atoms with E-state index in [4.69, 9.17) is 63.2 Å². The summed E-state index contributed by atoms with van der Waals surface area (Å²) in [5.74, 6) is 0. The smallest absolute Gasteiger partial charge is 0.185 e. The third-order valence-electron chi connectivity index (χ3n) is 6.40. The number of halogens is 3. The Bertz CT molecular complexity index is 1120. The van der Waals surface area contributed by atoms with Gasteiger partial charge in [-0.05, 0) is 36.4 Å². The van der Waals surface area contributed by atoms with Gasteiger partial charge in [-0.2, -0.15) is 0 Å². The summed E-state index contributed by atoms with van der Waals surface area (Å²) in [5.41, 5.74) is 2.39. The van der Waals surface area contributed by atoms with E-state index in [1.165, 1.54) is 0 Å². The summed E-state index contributed by atoms with van der Waals surface area (Å²) < 4.78 is 38.2. The molecule has 36 heavy (non-hydrogen) atoms. The quantitative estimate of drug-likeness (QED) is 0.364. The first-order valence-corrected chi connectivity index (χ1v) is 12.8. The lowest BCUT2D eigenvalue weighted by atomic mass is 10.00. The fraction of sp³-hybridized carbons (Fsp3) is 0.333. The van der Waals surface area contributed by atoms with Crippen LogP contribution in [0.3, 0.4) is 0 Å². The van der Waals surface area contributed by atoms with Crippen LogP contribution in [0.15, 0.2) is 72.8 Å². The topological polar surface area (TPSA) is 55.4 Å². The molecule has 3 aromatic carbocycles. The minimum absolute atomic E-state index is 0.202. The summed E-state index contributed by atoms with van der Waals surface area (Å²) in [5, 5.41) is 1.78. The predicted octanol–water partition coefficient (Wildman–Crippen LogP) is 6.66. The van der Waals surface area contributed by atoms with Gasteiger partial charge in [0.15, 0.2) is 18.9 Å². The standard InChI is InChI=1S/C27H23Cl3O6/c28-18-7-1-4-15(10-18)25-31-14-22-23-24(36-27(34-22)17-6-3-9-20(30)12-17)21(33-25)13-32-26(35-23)16-5-2-8-19(29)11-16/h1-12,21-27H,13-14H2/t21-,22+,23+,24+,25?,26?,27?/m1/s1. The van der Waals surface area contributed by atoms with Gasteiger partial charge < -0.3 is 28.4 Å². The van der Waals surface area contributed by atoms with E-state index in [1.54, 1.807) is 18.2 Å². The Hall–Kier alpha value is -1.71. The van der Waals surface area contributed by atoms with Gasteiger partial charge in [0.05, 0.1) is 13.2 Å². The molecule has 3 fully saturated rings. The van der Waals surface area contributed by atoms with Gasteiger partial charge in [0.2, 0.25) is 0 Å². The van der Waals surface area contributed by atoms with Crippen molar-refractivity contribution in [3.05, 3.63) is 105 Å². The second-order valence-corrected chi connectivity index (χ2v) is 10.2. The van der Waals surface area contributed by atoms with Crippen molar-refractivity contribution in [2.75, 3.05) is 13.2 Å². The molecule has 0 aromatic heterocycles. The molecule has 188 valence electrons. The van der Waals surface area contributed by atoms with Crippen LogP contribution in [-0.4, -0.2) is 37.6 Å². The Morgan fingerprint density at radius 2 is 0.889 bits per heavy atom. The highest BCUT2D eigenvalue weighted by molar-refractivity contribution is 6.31. The molecule has 7 atom stereocenters. The van der Waals surface area contributed by atoms with Crippen LogP contribution in [-0.2, 0) is 28.4 Å². The van der Waals surface area contributed by atoms with Crippen molar-refractivity contribution in [2.45, 2.75) is 43.3 Å². The number of hydrogen-bond acceptors (Lipinski definition) is 6. The molecule has 3 heterocycles. The number of ether oxygens (including phenoxy) is 6. The van der Waals surface area contributed by atoms with Crippen LogP contribution in [0.5, 0.6) is 0 Å². The molecule has 3 saturated heterocycles. The maximum Gasteiger partial charge on any atom is 0.185 e. The molecule has 0 spiro atoms. The minimum atomic E-state index is -0.680. The molecule has 3 unspecified atom stereocenters. The largest absolute Gasteiger partial charge is 0.346 e. The van der Waals surface area contributed by atoms with E-state index in [0.717, 1.165) is 16.7 Å². The van der Waals surface area contributed by atoms with E-state index in [9.17, 15) is 0 Å². The first-order valence-electron chi connectivity index (χ1n) is 11.6. The fourth-order valence-corrected chi connectivity index (χ4v) is 5.32. The van der Waals surface area contributed by atoms with Gasteiger partial charge in [0, 0.05) is 31.8 Å². The van der Waals surface area contributed by atoms with Crippen LogP contribution in [0.4, 0.5) is 0 Å². The van der Waals surface area contributed by atoms with Crippen LogP contribution in [0.2, 0.25) is 15.1 Å². The maximum atomic E-state index is 6.48. The van der Waals surface area contributed by atoms with E-state index in [-0.39, 0.29) is 13.2 Å². The lowest BCUT2D eigenvalue weighted by molar-refractivity contribution is -0.354. The Kier molecular flexibility index (Phi) is 7.23. The molecule has 9 heteroatoms. The number of hydrogen-bond donors (Lipinski definition) is 0. The zero-order valence-corrected chi connectivity index (χ0v) is 21.2. The molecule has 0 radical (unpaired) electrons. The van der Waals surface area contributed by atoms with Crippen molar-refractivity contribution < 1.29 is 28.4 Å². The van der Waals surface area contributed by atoms with Crippen LogP contribution >= 0.6 is 34.8 Å². The van der Waals surface area contributed by atoms with Crippen LogP contribution in [0, 0.1) is 0 Å². The molecule has 4 bridgehead atoms. The Morgan fingerprint density at radius 1 is 0.500 bits per heavy atom. The van der Waals surface area contributed by atoms with Gasteiger partial charge in [0.1, 0.15) is 24.4 Å².